The molecule has 0 radical (unpaired) electrons. The third-order valence-corrected chi connectivity index (χ3v) is 3.59. The summed E-state index contributed by atoms with van der Waals surface area (Å²) in [7, 11) is 0. The molecular weight excluding hydrogens is 227 g/mol. The number of benzene rings is 1. The maximum Gasteiger partial charge on any atom is 0.416 e. The monoisotopic (exact) mass is 243 g/mol. The molecule has 94 valence electrons. The van der Waals surface area contributed by atoms with E-state index in [1.54, 1.807) is 13.0 Å². The van der Waals surface area contributed by atoms with E-state index in [2.05, 4.69) is 0 Å². The number of hydrogen-bond acceptors (Lipinski definition) is 1. The largest absolute Gasteiger partial charge is 0.416 e. The van der Waals surface area contributed by atoms with Crippen molar-refractivity contribution < 1.29 is 13.2 Å². The summed E-state index contributed by atoms with van der Waals surface area (Å²) in [5.74, 6) is 0. The Morgan fingerprint density at radius 1 is 1.18 bits per heavy atom. The normalized spacial score (nSPS) is 19.6. The van der Waals surface area contributed by atoms with Crippen LogP contribution < -0.4 is 5.73 Å². The molecule has 1 aromatic rings. The minimum absolute atomic E-state index is 0.422. The predicted octanol–water partition coefficient (Wildman–Crippen LogP) is 3.74. The quantitative estimate of drug-likeness (QED) is 0.798. The molecule has 0 amide bonds. The van der Waals surface area contributed by atoms with Crippen molar-refractivity contribution in [2.45, 2.75) is 44.3 Å². The van der Waals surface area contributed by atoms with E-state index in [0.29, 0.717) is 5.56 Å². The topological polar surface area (TPSA) is 26.0 Å². The summed E-state index contributed by atoms with van der Waals surface area (Å²) in [4.78, 5) is 0. The fourth-order valence-electron chi connectivity index (χ4n) is 2.67. The average Bonchev–Trinajstić information content (AvgIpc) is 2.64. The Hall–Kier alpha value is -1.03. The number of rotatable bonds is 1. The highest BCUT2D eigenvalue weighted by Gasteiger charge is 2.35. The van der Waals surface area contributed by atoms with Gasteiger partial charge in [-0.2, -0.15) is 13.2 Å². The molecule has 4 heteroatoms. The molecule has 0 bridgehead atoms. The van der Waals surface area contributed by atoms with Crippen molar-refractivity contribution in [2.24, 2.45) is 5.73 Å². The first-order chi connectivity index (χ1) is 7.83. The summed E-state index contributed by atoms with van der Waals surface area (Å²) < 4.78 is 37.6. The van der Waals surface area contributed by atoms with Crippen LogP contribution in [0.2, 0.25) is 0 Å². The molecule has 1 nitrogen and oxygen atoms in total. The molecule has 0 aliphatic heterocycles. The van der Waals surface area contributed by atoms with E-state index in [4.69, 9.17) is 5.73 Å². The van der Waals surface area contributed by atoms with Gasteiger partial charge in [0, 0.05) is 5.54 Å². The highest BCUT2D eigenvalue weighted by atomic mass is 19.4. The molecule has 1 aliphatic rings. The molecule has 0 heterocycles. The van der Waals surface area contributed by atoms with Crippen molar-refractivity contribution in [1.82, 2.24) is 0 Å². The van der Waals surface area contributed by atoms with E-state index in [1.165, 1.54) is 6.07 Å². The SMILES string of the molecule is Cc1cc(C(F)(F)F)ccc1C1(N)CCCC1. The van der Waals surface area contributed by atoms with E-state index < -0.39 is 17.3 Å². The highest BCUT2D eigenvalue weighted by molar-refractivity contribution is 5.37. The van der Waals surface area contributed by atoms with Gasteiger partial charge in [0.2, 0.25) is 0 Å². The van der Waals surface area contributed by atoms with Gasteiger partial charge in [-0.25, -0.2) is 0 Å². The average molecular weight is 243 g/mol. The lowest BCUT2D eigenvalue weighted by atomic mass is 9.85. The van der Waals surface area contributed by atoms with Crippen molar-refractivity contribution in [3.63, 3.8) is 0 Å². The molecule has 1 saturated carbocycles. The predicted molar refractivity (Wildman–Crippen MR) is 60.5 cm³/mol. The molecule has 0 spiro atoms. The minimum Gasteiger partial charge on any atom is -0.321 e. The Balaban J connectivity index is 2.38. The van der Waals surface area contributed by atoms with Crippen LogP contribution in [0.1, 0.15) is 42.4 Å². The van der Waals surface area contributed by atoms with Crippen LogP contribution in [0.4, 0.5) is 13.2 Å². The zero-order valence-electron chi connectivity index (χ0n) is 9.77. The number of nitrogens with two attached hydrogens (primary N) is 1. The molecule has 0 aromatic heterocycles. The van der Waals surface area contributed by atoms with Crippen molar-refractivity contribution in [1.29, 1.82) is 0 Å². The lowest BCUT2D eigenvalue weighted by Gasteiger charge is -2.26. The minimum atomic E-state index is -4.28. The van der Waals surface area contributed by atoms with Crippen LogP contribution >= 0.6 is 0 Å². The van der Waals surface area contributed by atoms with E-state index >= 15 is 0 Å². The third-order valence-electron chi connectivity index (χ3n) is 3.59. The summed E-state index contributed by atoms with van der Waals surface area (Å²) in [5.41, 5.74) is 6.75. The van der Waals surface area contributed by atoms with Gasteiger partial charge < -0.3 is 5.73 Å². The molecule has 0 atom stereocenters. The fraction of sp³-hybridized carbons (Fsp3) is 0.538. The molecule has 2 N–H and O–H groups in total. The van der Waals surface area contributed by atoms with Crippen molar-refractivity contribution in [3.8, 4) is 0 Å². The summed E-state index contributed by atoms with van der Waals surface area (Å²) in [6.45, 7) is 1.71. The van der Waals surface area contributed by atoms with Gasteiger partial charge in [-0.15, -0.1) is 0 Å². The molecule has 2 rings (SSSR count). The molecule has 0 unspecified atom stereocenters. The first-order valence-corrected chi connectivity index (χ1v) is 5.80. The van der Waals surface area contributed by atoms with Gasteiger partial charge in [0.05, 0.1) is 5.56 Å². The summed E-state index contributed by atoms with van der Waals surface area (Å²) >= 11 is 0. The molecule has 1 fully saturated rings. The first kappa shape index (κ1) is 12.4. The first-order valence-electron chi connectivity index (χ1n) is 5.80. The van der Waals surface area contributed by atoms with Gasteiger partial charge in [0.15, 0.2) is 0 Å². The van der Waals surface area contributed by atoms with E-state index in [-0.39, 0.29) is 0 Å². The lowest BCUT2D eigenvalue weighted by Crippen LogP contribution is -2.34. The van der Waals surface area contributed by atoms with Gasteiger partial charge in [-0.1, -0.05) is 18.9 Å². The Bertz CT molecular complexity index is 417. The zero-order chi connectivity index (χ0) is 12.7. The van der Waals surface area contributed by atoms with Crippen LogP contribution in [-0.2, 0) is 11.7 Å². The van der Waals surface area contributed by atoms with E-state index in [0.717, 1.165) is 37.3 Å². The summed E-state index contributed by atoms with van der Waals surface area (Å²) in [6.07, 6.45) is -0.451. The maximum absolute atomic E-state index is 12.5. The van der Waals surface area contributed by atoms with Gasteiger partial charge in [-0.3, -0.25) is 0 Å². The van der Waals surface area contributed by atoms with Gasteiger partial charge in [-0.05, 0) is 43.0 Å². The maximum atomic E-state index is 12.5. The molecular formula is C13H16F3N. The molecule has 1 aromatic carbocycles. The second-order valence-electron chi connectivity index (χ2n) is 4.89. The Morgan fingerprint density at radius 3 is 2.24 bits per heavy atom. The van der Waals surface area contributed by atoms with Crippen LogP contribution in [0.15, 0.2) is 18.2 Å². The smallest absolute Gasteiger partial charge is 0.321 e. The Labute approximate surface area is 98.8 Å². The van der Waals surface area contributed by atoms with Crippen molar-refractivity contribution in [3.05, 3.63) is 34.9 Å². The van der Waals surface area contributed by atoms with Crippen LogP contribution in [-0.4, -0.2) is 0 Å². The Morgan fingerprint density at radius 2 is 1.76 bits per heavy atom. The van der Waals surface area contributed by atoms with E-state index in [1.807, 2.05) is 0 Å². The standard InChI is InChI=1S/C13H16F3N/c1-9-8-10(13(14,15)16)4-5-11(9)12(17)6-2-3-7-12/h4-5,8H,2-3,6-7,17H2,1H3. The van der Waals surface area contributed by atoms with Crippen LogP contribution in [0, 0.1) is 6.92 Å². The number of hydrogen-bond donors (Lipinski definition) is 1. The van der Waals surface area contributed by atoms with Gasteiger partial charge in [0.25, 0.3) is 0 Å². The van der Waals surface area contributed by atoms with Crippen LogP contribution in [0.25, 0.3) is 0 Å². The van der Waals surface area contributed by atoms with Crippen LogP contribution in [0.5, 0.6) is 0 Å². The number of alkyl halides is 3. The molecule has 17 heavy (non-hydrogen) atoms. The third kappa shape index (κ3) is 2.32. The van der Waals surface area contributed by atoms with Gasteiger partial charge >= 0.3 is 6.18 Å². The second-order valence-corrected chi connectivity index (χ2v) is 4.89. The fourth-order valence-corrected chi connectivity index (χ4v) is 2.67. The summed E-state index contributed by atoms with van der Waals surface area (Å²) in [5, 5.41) is 0. The second kappa shape index (κ2) is 4.02. The molecule has 0 saturated heterocycles. The lowest BCUT2D eigenvalue weighted by molar-refractivity contribution is -0.137. The van der Waals surface area contributed by atoms with Crippen LogP contribution in [0.3, 0.4) is 0 Å². The van der Waals surface area contributed by atoms with Gasteiger partial charge in [0.1, 0.15) is 0 Å². The number of halogens is 3. The number of aryl methyl sites for hydroxylation is 1. The van der Waals surface area contributed by atoms with Crippen molar-refractivity contribution in [2.75, 3.05) is 0 Å². The van der Waals surface area contributed by atoms with Crippen molar-refractivity contribution >= 4 is 0 Å². The zero-order valence-corrected chi connectivity index (χ0v) is 9.77. The highest BCUT2D eigenvalue weighted by Crippen LogP contribution is 2.39. The molecule has 1 aliphatic carbocycles. The summed E-state index contributed by atoms with van der Waals surface area (Å²) in [6, 6.07) is 3.88. The van der Waals surface area contributed by atoms with E-state index in [9.17, 15) is 13.2 Å². The Kier molecular flexibility index (Phi) is 2.94.